The molecular formula is C21H27N2SY+. The summed E-state index contributed by atoms with van der Waals surface area (Å²) in [6.45, 7) is 11.2. The molecule has 1 aliphatic rings. The SMILES string of the molecule is CCN(CC)c1ccc(C=CC2=[N+](C)c3ccccc3C2(C)C)s1.[Y]. The third-order valence-corrected chi connectivity index (χ3v) is 6.14. The number of rotatable bonds is 5. The molecule has 2 aromatic rings. The molecule has 1 aliphatic heterocycles. The van der Waals surface area contributed by atoms with E-state index in [1.807, 2.05) is 11.3 Å². The van der Waals surface area contributed by atoms with Crippen LogP contribution in [0.3, 0.4) is 0 Å². The molecule has 25 heavy (non-hydrogen) atoms. The van der Waals surface area contributed by atoms with Gasteiger partial charge in [0.15, 0.2) is 5.71 Å². The van der Waals surface area contributed by atoms with Crippen molar-refractivity contribution in [2.45, 2.75) is 33.1 Å². The monoisotopic (exact) mass is 428 g/mol. The zero-order valence-corrected chi connectivity index (χ0v) is 19.6. The van der Waals surface area contributed by atoms with E-state index in [4.69, 9.17) is 0 Å². The van der Waals surface area contributed by atoms with Crippen LogP contribution in [0, 0.1) is 0 Å². The molecule has 2 nitrogen and oxygen atoms in total. The Kier molecular flexibility index (Phi) is 6.81. The van der Waals surface area contributed by atoms with Crippen molar-refractivity contribution in [3.63, 3.8) is 0 Å². The van der Waals surface area contributed by atoms with Crippen molar-refractivity contribution in [3.8, 4) is 0 Å². The minimum Gasteiger partial charge on any atom is -0.364 e. The van der Waals surface area contributed by atoms with E-state index in [0.29, 0.717) is 0 Å². The van der Waals surface area contributed by atoms with Crippen LogP contribution in [0.4, 0.5) is 10.7 Å². The molecule has 4 heteroatoms. The number of thiophene rings is 1. The van der Waals surface area contributed by atoms with Crippen LogP contribution in [0.1, 0.15) is 38.1 Å². The first-order valence-electron chi connectivity index (χ1n) is 8.72. The summed E-state index contributed by atoms with van der Waals surface area (Å²) in [5.41, 5.74) is 4.11. The molecule has 0 amide bonds. The second kappa shape index (κ2) is 8.28. The standard InChI is InChI=1S/C21H27N2S.Y/c1-6-23(7-2)20-15-13-16(24-20)12-14-19-21(3,4)17-10-8-9-11-18(17)22(19)5;/h8-15H,6-7H2,1-5H3;/q+1;. The molecule has 0 fully saturated rings. The molecular weight excluding hydrogens is 401 g/mol. The Morgan fingerprint density at radius 2 is 1.72 bits per heavy atom. The van der Waals surface area contributed by atoms with Crippen molar-refractivity contribution in [3.05, 3.63) is 52.9 Å². The third-order valence-electron chi connectivity index (χ3n) is 5.03. The zero-order valence-electron chi connectivity index (χ0n) is 15.9. The van der Waals surface area contributed by atoms with Gasteiger partial charge in [-0.05, 0) is 45.9 Å². The zero-order chi connectivity index (χ0) is 17.3. The molecule has 129 valence electrons. The smallest absolute Gasteiger partial charge is 0.209 e. The van der Waals surface area contributed by atoms with Gasteiger partial charge in [0.25, 0.3) is 0 Å². The van der Waals surface area contributed by atoms with E-state index in [-0.39, 0.29) is 38.1 Å². The molecule has 0 N–H and O–H groups in total. The van der Waals surface area contributed by atoms with Gasteiger partial charge in [0, 0.05) is 68.4 Å². The molecule has 0 saturated carbocycles. The van der Waals surface area contributed by atoms with E-state index in [1.54, 1.807) is 0 Å². The second-order valence-corrected chi connectivity index (χ2v) is 7.86. The van der Waals surface area contributed by atoms with Gasteiger partial charge in [-0.3, -0.25) is 0 Å². The van der Waals surface area contributed by atoms with Gasteiger partial charge in [-0.25, -0.2) is 0 Å². The first-order valence-corrected chi connectivity index (χ1v) is 9.54. The average molecular weight is 428 g/mol. The summed E-state index contributed by atoms with van der Waals surface area (Å²) in [6.07, 6.45) is 4.55. The number of hydrogen-bond acceptors (Lipinski definition) is 2. The second-order valence-electron chi connectivity index (χ2n) is 6.77. The topological polar surface area (TPSA) is 6.25 Å². The van der Waals surface area contributed by atoms with Gasteiger partial charge in [-0.15, -0.1) is 11.3 Å². The molecule has 0 unspecified atom stereocenters. The summed E-state index contributed by atoms with van der Waals surface area (Å²) < 4.78 is 2.32. The molecule has 0 spiro atoms. The Labute approximate surface area is 181 Å². The van der Waals surface area contributed by atoms with E-state index in [2.05, 4.69) is 92.8 Å². The minimum absolute atomic E-state index is 0. The number of hydrogen-bond donors (Lipinski definition) is 0. The fourth-order valence-corrected chi connectivity index (χ4v) is 4.64. The van der Waals surface area contributed by atoms with Crippen molar-refractivity contribution in [2.24, 2.45) is 0 Å². The normalized spacial score (nSPS) is 15.4. The van der Waals surface area contributed by atoms with Crippen molar-refractivity contribution >= 4 is 33.8 Å². The van der Waals surface area contributed by atoms with Crippen LogP contribution in [0.5, 0.6) is 0 Å². The molecule has 0 bridgehead atoms. The minimum atomic E-state index is 0. The molecule has 2 heterocycles. The molecule has 0 atom stereocenters. The summed E-state index contributed by atoms with van der Waals surface area (Å²) in [5, 5.41) is 1.35. The van der Waals surface area contributed by atoms with Gasteiger partial charge in [-0.2, -0.15) is 4.58 Å². The number of anilines is 1. The van der Waals surface area contributed by atoms with Crippen LogP contribution in [0.2, 0.25) is 0 Å². The van der Waals surface area contributed by atoms with Gasteiger partial charge in [0.05, 0.1) is 10.4 Å². The molecule has 3 rings (SSSR count). The van der Waals surface area contributed by atoms with Gasteiger partial charge >= 0.3 is 0 Å². The predicted octanol–water partition coefficient (Wildman–Crippen LogP) is 5.31. The van der Waals surface area contributed by atoms with Crippen LogP contribution in [-0.2, 0) is 38.1 Å². The number of para-hydroxylation sites is 1. The van der Waals surface area contributed by atoms with Gasteiger partial charge in [0.1, 0.15) is 7.05 Å². The van der Waals surface area contributed by atoms with E-state index >= 15 is 0 Å². The van der Waals surface area contributed by atoms with E-state index in [1.165, 1.54) is 26.8 Å². The van der Waals surface area contributed by atoms with E-state index < -0.39 is 0 Å². The Balaban J connectivity index is 0.00000225. The maximum absolute atomic E-state index is 2.40. The van der Waals surface area contributed by atoms with Crippen molar-refractivity contribution in [2.75, 3.05) is 25.0 Å². The largest absolute Gasteiger partial charge is 0.364 e. The van der Waals surface area contributed by atoms with Crippen LogP contribution in [0.15, 0.2) is 42.5 Å². The third kappa shape index (κ3) is 3.84. The fourth-order valence-electron chi connectivity index (χ4n) is 3.60. The number of nitrogens with zero attached hydrogens (tertiary/aromatic N) is 2. The van der Waals surface area contributed by atoms with Crippen LogP contribution < -0.4 is 4.90 Å². The van der Waals surface area contributed by atoms with Gasteiger partial charge < -0.3 is 4.90 Å². The number of allylic oxidation sites excluding steroid dienone is 1. The Morgan fingerprint density at radius 3 is 2.36 bits per heavy atom. The van der Waals surface area contributed by atoms with Crippen LogP contribution in [-0.4, -0.2) is 30.4 Å². The summed E-state index contributed by atoms with van der Waals surface area (Å²) in [4.78, 5) is 3.71. The number of benzene rings is 1. The van der Waals surface area contributed by atoms with Gasteiger partial charge in [-0.1, -0.05) is 18.2 Å². The summed E-state index contributed by atoms with van der Waals surface area (Å²) in [6, 6.07) is 13.2. The number of fused-ring (bicyclic) bond motifs is 1. The van der Waals surface area contributed by atoms with Crippen LogP contribution in [0.25, 0.3) is 6.08 Å². The molecule has 1 radical (unpaired) electrons. The Morgan fingerprint density at radius 1 is 1.04 bits per heavy atom. The average Bonchev–Trinajstić information content (AvgIpc) is 3.11. The quantitative estimate of drug-likeness (QED) is 0.585. The summed E-state index contributed by atoms with van der Waals surface area (Å²) in [7, 11) is 2.17. The van der Waals surface area contributed by atoms with Crippen molar-refractivity contribution < 1.29 is 37.3 Å². The van der Waals surface area contributed by atoms with E-state index in [0.717, 1.165) is 13.1 Å². The molecule has 0 saturated heterocycles. The Bertz CT molecular complexity index is 798. The molecule has 1 aromatic heterocycles. The van der Waals surface area contributed by atoms with Crippen molar-refractivity contribution in [1.82, 2.24) is 0 Å². The molecule has 0 aliphatic carbocycles. The maximum atomic E-state index is 2.40. The fraction of sp³-hybridized carbons (Fsp3) is 0.381. The molecule has 1 aromatic carbocycles. The maximum Gasteiger partial charge on any atom is 0.209 e. The van der Waals surface area contributed by atoms with Gasteiger partial charge in [0.2, 0.25) is 5.69 Å². The summed E-state index contributed by atoms with van der Waals surface area (Å²) in [5.74, 6) is 0. The predicted molar refractivity (Wildman–Crippen MR) is 107 cm³/mol. The van der Waals surface area contributed by atoms with Crippen molar-refractivity contribution in [1.29, 1.82) is 0 Å². The first kappa shape index (κ1) is 20.5. The van der Waals surface area contributed by atoms with Crippen LogP contribution >= 0.6 is 11.3 Å². The first-order chi connectivity index (χ1) is 11.5. The van der Waals surface area contributed by atoms with E-state index in [9.17, 15) is 0 Å². The Hall–Kier alpha value is -0.766. The summed E-state index contributed by atoms with van der Waals surface area (Å²) >= 11 is 1.87.